The third kappa shape index (κ3) is 5.30. The summed E-state index contributed by atoms with van der Waals surface area (Å²) in [4.78, 5) is 30.7. The lowest BCUT2D eigenvalue weighted by molar-refractivity contribution is -0.108. The van der Waals surface area contributed by atoms with E-state index in [9.17, 15) is 15.0 Å². The van der Waals surface area contributed by atoms with Crippen molar-refractivity contribution in [2.24, 2.45) is 0 Å². The molecule has 4 heterocycles. The second kappa shape index (κ2) is 11.0. The van der Waals surface area contributed by atoms with Crippen molar-refractivity contribution in [3.63, 3.8) is 0 Å². The molecule has 38 heavy (non-hydrogen) atoms. The maximum atomic E-state index is 12.2. The van der Waals surface area contributed by atoms with E-state index >= 15 is 0 Å². The second-order valence-corrected chi connectivity index (χ2v) is 9.88. The predicted octanol–water partition coefficient (Wildman–Crippen LogP) is 1.08. The summed E-state index contributed by atoms with van der Waals surface area (Å²) in [5.74, 6) is 0.189. The minimum atomic E-state index is -1.74. The van der Waals surface area contributed by atoms with Gasteiger partial charge in [-0.05, 0) is 32.1 Å². The number of thiazole rings is 1. The van der Waals surface area contributed by atoms with E-state index in [1.165, 1.54) is 28.6 Å². The molecule has 3 unspecified atom stereocenters. The Balaban J connectivity index is 1.06. The van der Waals surface area contributed by atoms with Crippen molar-refractivity contribution in [2.45, 2.75) is 24.4 Å². The summed E-state index contributed by atoms with van der Waals surface area (Å²) in [5, 5.41) is 29.8. The van der Waals surface area contributed by atoms with E-state index in [0.717, 1.165) is 11.3 Å². The summed E-state index contributed by atoms with van der Waals surface area (Å²) >= 11 is 1.54. The highest BCUT2D eigenvalue weighted by Crippen LogP contribution is 2.32. The molecule has 3 aromatic heterocycles. The predicted molar refractivity (Wildman–Crippen MR) is 142 cm³/mol. The molecule has 200 valence electrons. The summed E-state index contributed by atoms with van der Waals surface area (Å²) in [6, 6.07) is 7.22. The Morgan fingerprint density at radius 1 is 1.29 bits per heavy atom. The number of hydrogen-bond acceptors (Lipinski definition) is 11. The highest BCUT2D eigenvalue weighted by atomic mass is 32.1. The standard InChI is InChI=1S/C24H29N9O4S/c1-32(8-2-7-26-23(35)31-16-5-3-15(4-6-16)17-10-38-14-30-17)9-18-20(34)24(36,11-37-18)33-13-29-19-21(25)27-12-28-22(19)33/h3-6,10,12-14,18,20,34,36H,2,7-9,11H2,1H3,(H2,25,27,28)(H2,26,31,35). The molecule has 0 bridgehead atoms. The molecule has 1 aliphatic heterocycles. The van der Waals surface area contributed by atoms with Gasteiger partial charge < -0.3 is 36.2 Å². The molecule has 5 rings (SSSR count). The van der Waals surface area contributed by atoms with Gasteiger partial charge in [0.1, 0.15) is 24.1 Å². The smallest absolute Gasteiger partial charge is 0.319 e. The van der Waals surface area contributed by atoms with Gasteiger partial charge in [-0.15, -0.1) is 11.3 Å². The number of nitrogens with two attached hydrogens (primary N) is 1. The van der Waals surface area contributed by atoms with Gasteiger partial charge in [-0.3, -0.25) is 4.57 Å². The third-order valence-corrected chi connectivity index (χ3v) is 7.07. The summed E-state index contributed by atoms with van der Waals surface area (Å²) in [7, 11) is 1.89. The number of carbonyl (C=O) groups excluding carboxylic acids is 1. The molecule has 13 nitrogen and oxygen atoms in total. The number of aliphatic hydroxyl groups is 2. The highest BCUT2D eigenvalue weighted by Gasteiger charge is 2.50. The number of imidazole rings is 1. The fourth-order valence-corrected chi connectivity index (χ4v) is 4.97. The number of hydrogen-bond donors (Lipinski definition) is 5. The Hall–Kier alpha value is -3.69. The van der Waals surface area contributed by atoms with Crippen molar-refractivity contribution in [1.29, 1.82) is 0 Å². The Bertz CT molecular complexity index is 1380. The molecule has 0 spiro atoms. The number of carbonyl (C=O) groups is 1. The zero-order chi connectivity index (χ0) is 26.7. The molecule has 3 atom stereocenters. The number of ether oxygens (including phenoxy) is 1. The number of anilines is 2. The Morgan fingerprint density at radius 3 is 2.87 bits per heavy atom. The molecule has 1 fully saturated rings. The molecule has 14 heteroatoms. The zero-order valence-electron chi connectivity index (χ0n) is 20.7. The number of nitrogens with zero attached hydrogens (tertiary/aromatic N) is 6. The zero-order valence-corrected chi connectivity index (χ0v) is 21.5. The SMILES string of the molecule is CN(CCCNC(=O)Nc1ccc(-c2cscn2)cc1)CC1OCC(O)(n2cnc3c(N)ncnc32)C1O. The van der Waals surface area contributed by atoms with Gasteiger partial charge in [-0.1, -0.05) is 12.1 Å². The molecular weight excluding hydrogens is 510 g/mol. The number of rotatable bonds is 9. The average molecular weight is 540 g/mol. The van der Waals surface area contributed by atoms with Crippen LogP contribution in [0.25, 0.3) is 22.4 Å². The first-order valence-electron chi connectivity index (χ1n) is 12.0. The topological polar surface area (TPSA) is 177 Å². The van der Waals surface area contributed by atoms with Crippen molar-refractivity contribution in [3.05, 3.63) is 47.8 Å². The van der Waals surface area contributed by atoms with Crippen LogP contribution in [0.3, 0.4) is 0 Å². The van der Waals surface area contributed by atoms with Crippen LogP contribution >= 0.6 is 11.3 Å². The minimum absolute atomic E-state index is 0.130. The molecule has 1 aromatic carbocycles. The van der Waals surface area contributed by atoms with Crippen LogP contribution < -0.4 is 16.4 Å². The maximum Gasteiger partial charge on any atom is 0.319 e. The van der Waals surface area contributed by atoms with Gasteiger partial charge in [-0.2, -0.15) is 0 Å². The van der Waals surface area contributed by atoms with Gasteiger partial charge >= 0.3 is 6.03 Å². The third-order valence-electron chi connectivity index (χ3n) is 6.48. The van der Waals surface area contributed by atoms with E-state index in [-0.39, 0.29) is 18.5 Å². The molecule has 6 N–H and O–H groups in total. The molecule has 0 radical (unpaired) electrons. The highest BCUT2D eigenvalue weighted by molar-refractivity contribution is 7.07. The fraction of sp³-hybridized carbons (Fsp3) is 0.375. The van der Waals surface area contributed by atoms with Crippen molar-refractivity contribution >= 4 is 40.0 Å². The number of fused-ring (bicyclic) bond motifs is 1. The molecule has 1 aliphatic rings. The number of nitrogen functional groups attached to an aromatic ring is 1. The summed E-state index contributed by atoms with van der Waals surface area (Å²) < 4.78 is 7.12. The van der Waals surface area contributed by atoms with E-state index in [1.807, 2.05) is 41.6 Å². The molecule has 0 saturated carbocycles. The van der Waals surface area contributed by atoms with E-state index in [1.54, 1.807) is 5.51 Å². The maximum absolute atomic E-state index is 12.2. The van der Waals surface area contributed by atoms with Crippen LogP contribution in [0.15, 0.2) is 47.8 Å². The first-order valence-corrected chi connectivity index (χ1v) is 13.0. The molecule has 1 saturated heterocycles. The van der Waals surface area contributed by atoms with E-state index in [2.05, 4.69) is 30.6 Å². The quantitative estimate of drug-likeness (QED) is 0.193. The number of aliphatic hydroxyl groups excluding tert-OH is 1. The Labute approximate surface area is 222 Å². The first kappa shape index (κ1) is 25.9. The van der Waals surface area contributed by atoms with Crippen molar-refractivity contribution in [2.75, 3.05) is 44.3 Å². The van der Waals surface area contributed by atoms with Crippen molar-refractivity contribution in [1.82, 2.24) is 34.7 Å². The summed E-state index contributed by atoms with van der Waals surface area (Å²) in [5.41, 5.74) is 9.14. The number of aromatic nitrogens is 5. The second-order valence-electron chi connectivity index (χ2n) is 9.17. The lowest BCUT2D eigenvalue weighted by Gasteiger charge is -2.29. The lowest BCUT2D eigenvalue weighted by atomic mass is 10.0. The molecule has 0 aliphatic carbocycles. The van der Waals surface area contributed by atoms with Crippen LogP contribution in [-0.2, 0) is 10.5 Å². The minimum Gasteiger partial charge on any atom is -0.385 e. The summed E-state index contributed by atoms with van der Waals surface area (Å²) in [6.07, 6.45) is 1.48. The normalized spacial score (nSPS) is 21.3. The van der Waals surface area contributed by atoms with Crippen LogP contribution in [0.5, 0.6) is 0 Å². The Kier molecular flexibility index (Phi) is 7.49. The molecule has 4 aromatic rings. The van der Waals surface area contributed by atoms with Crippen LogP contribution in [0.1, 0.15) is 6.42 Å². The van der Waals surface area contributed by atoms with Gasteiger partial charge in [0, 0.05) is 29.7 Å². The first-order chi connectivity index (χ1) is 18.3. The van der Waals surface area contributed by atoms with Crippen LogP contribution in [-0.4, -0.2) is 91.1 Å². The number of urea groups is 1. The van der Waals surface area contributed by atoms with E-state index in [4.69, 9.17) is 10.5 Å². The lowest BCUT2D eigenvalue weighted by Crippen LogP contribution is -2.48. The van der Waals surface area contributed by atoms with Crippen LogP contribution in [0, 0.1) is 0 Å². The number of amides is 2. The average Bonchev–Trinajstić information content (AvgIpc) is 3.65. The van der Waals surface area contributed by atoms with Gasteiger partial charge in [0.15, 0.2) is 17.2 Å². The fourth-order valence-electron chi connectivity index (χ4n) is 4.41. The van der Waals surface area contributed by atoms with Crippen LogP contribution in [0.4, 0.5) is 16.3 Å². The van der Waals surface area contributed by atoms with Gasteiger partial charge in [0.05, 0.1) is 24.1 Å². The number of benzene rings is 1. The van der Waals surface area contributed by atoms with E-state index < -0.39 is 17.9 Å². The van der Waals surface area contributed by atoms with Crippen molar-refractivity contribution in [3.8, 4) is 11.3 Å². The van der Waals surface area contributed by atoms with Crippen molar-refractivity contribution < 1.29 is 19.7 Å². The van der Waals surface area contributed by atoms with Crippen LogP contribution in [0.2, 0.25) is 0 Å². The Morgan fingerprint density at radius 2 is 2.11 bits per heavy atom. The number of likely N-dealkylation sites (N-methyl/N-ethyl adjacent to an activating group) is 1. The monoisotopic (exact) mass is 539 g/mol. The molecular formula is C24H29N9O4S. The summed E-state index contributed by atoms with van der Waals surface area (Å²) in [6.45, 7) is 1.36. The van der Waals surface area contributed by atoms with Gasteiger partial charge in [0.25, 0.3) is 0 Å². The van der Waals surface area contributed by atoms with Gasteiger partial charge in [-0.25, -0.2) is 24.7 Å². The largest absolute Gasteiger partial charge is 0.385 e. The number of nitrogens with one attached hydrogen (secondary N) is 2. The van der Waals surface area contributed by atoms with E-state index in [0.29, 0.717) is 42.9 Å². The molecule has 2 amide bonds. The van der Waals surface area contributed by atoms with Gasteiger partial charge in [0.2, 0.25) is 0 Å².